The van der Waals surface area contributed by atoms with Gasteiger partial charge in [0.15, 0.2) is 0 Å². The van der Waals surface area contributed by atoms with Crippen LogP contribution in [0.5, 0.6) is 0 Å². The van der Waals surface area contributed by atoms with Crippen LogP contribution in [-0.4, -0.2) is 47.3 Å². The quantitative estimate of drug-likeness (QED) is 0.665. The molecule has 3 aliphatic heterocycles. The van der Waals surface area contributed by atoms with Gasteiger partial charge in [-0.2, -0.15) is 0 Å². The van der Waals surface area contributed by atoms with Crippen LogP contribution < -0.4 is 16.0 Å². The van der Waals surface area contributed by atoms with Crippen LogP contribution in [-0.2, 0) is 22.7 Å². The van der Waals surface area contributed by atoms with Crippen LogP contribution in [0.25, 0.3) is 0 Å². The standard InChI is InChI=1S/C20H24N4O3/c25-16-5-4-15(18(26)23-16)24-11-13-3-1-2-12(17(13)19(24)27)9-22-20-6-7-21-10-14(20)8-20/h1-3,14-15,21-22H,4-11H2,(H,23,25,26). The Morgan fingerprint density at radius 2 is 2.15 bits per heavy atom. The average Bonchev–Trinajstić information content (AvgIpc) is 3.30. The largest absolute Gasteiger partial charge is 0.322 e. The van der Waals surface area contributed by atoms with Crippen molar-refractivity contribution in [3.63, 3.8) is 0 Å². The first-order chi connectivity index (χ1) is 13.1. The zero-order chi connectivity index (χ0) is 18.6. The first-order valence-corrected chi connectivity index (χ1v) is 9.78. The van der Waals surface area contributed by atoms with Crippen LogP contribution in [0.4, 0.5) is 0 Å². The molecule has 3 N–H and O–H groups in total. The highest BCUT2D eigenvalue weighted by Gasteiger charge is 2.54. The number of nitrogens with zero attached hydrogens (tertiary/aromatic N) is 1. The summed E-state index contributed by atoms with van der Waals surface area (Å²) in [7, 11) is 0. The van der Waals surface area contributed by atoms with Gasteiger partial charge < -0.3 is 15.5 Å². The van der Waals surface area contributed by atoms with Gasteiger partial charge in [-0.1, -0.05) is 18.2 Å². The number of amides is 3. The zero-order valence-corrected chi connectivity index (χ0v) is 15.2. The van der Waals surface area contributed by atoms with Crippen molar-refractivity contribution >= 4 is 17.7 Å². The van der Waals surface area contributed by atoms with Crippen molar-refractivity contribution in [3.05, 3.63) is 34.9 Å². The van der Waals surface area contributed by atoms with E-state index < -0.39 is 6.04 Å². The fraction of sp³-hybridized carbons (Fsp3) is 0.550. The molecule has 3 unspecified atom stereocenters. The maximum Gasteiger partial charge on any atom is 0.255 e. The van der Waals surface area contributed by atoms with Crippen molar-refractivity contribution < 1.29 is 14.4 Å². The predicted molar refractivity (Wildman–Crippen MR) is 97.7 cm³/mol. The van der Waals surface area contributed by atoms with Crippen LogP contribution in [0.15, 0.2) is 18.2 Å². The fourth-order valence-corrected chi connectivity index (χ4v) is 4.96. The number of benzene rings is 1. The number of carbonyl (C=O) groups excluding carboxylic acids is 3. The maximum atomic E-state index is 13.1. The summed E-state index contributed by atoms with van der Waals surface area (Å²) in [5, 5.41) is 9.50. The van der Waals surface area contributed by atoms with E-state index in [0.717, 1.165) is 36.2 Å². The van der Waals surface area contributed by atoms with E-state index in [-0.39, 0.29) is 29.7 Å². The fourth-order valence-electron chi connectivity index (χ4n) is 4.96. The minimum atomic E-state index is -0.556. The van der Waals surface area contributed by atoms with E-state index >= 15 is 0 Å². The number of rotatable bonds is 4. The number of nitrogens with one attached hydrogen (secondary N) is 3. The molecule has 3 heterocycles. The number of hydrogen-bond acceptors (Lipinski definition) is 5. The lowest BCUT2D eigenvalue weighted by Gasteiger charge is -2.29. The van der Waals surface area contributed by atoms with E-state index in [1.807, 2.05) is 18.2 Å². The van der Waals surface area contributed by atoms with E-state index in [1.165, 1.54) is 6.42 Å². The van der Waals surface area contributed by atoms with Gasteiger partial charge in [0.1, 0.15) is 6.04 Å². The van der Waals surface area contributed by atoms with E-state index in [4.69, 9.17) is 0 Å². The van der Waals surface area contributed by atoms with Crippen LogP contribution in [0, 0.1) is 5.92 Å². The molecular weight excluding hydrogens is 344 g/mol. The number of imide groups is 1. The van der Waals surface area contributed by atoms with Gasteiger partial charge in [-0.05, 0) is 49.4 Å². The molecule has 3 amide bonds. The molecule has 4 aliphatic rings. The predicted octanol–water partition coefficient (Wildman–Crippen LogP) is 0.289. The second-order valence-corrected chi connectivity index (χ2v) is 8.22. The lowest BCUT2D eigenvalue weighted by molar-refractivity contribution is -0.136. The Morgan fingerprint density at radius 3 is 2.96 bits per heavy atom. The summed E-state index contributed by atoms with van der Waals surface area (Å²) in [6.45, 7) is 3.22. The van der Waals surface area contributed by atoms with Crippen LogP contribution in [0.1, 0.15) is 47.2 Å². The third kappa shape index (κ3) is 2.76. The minimum Gasteiger partial charge on any atom is -0.322 e. The second-order valence-electron chi connectivity index (χ2n) is 8.22. The van der Waals surface area contributed by atoms with Crippen molar-refractivity contribution in [1.82, 2.24) is 20.9 Å². The first kappa shape index (κ1) is 16.9. The van der Waals surface area contributed by atoms with E-state index in [1.54, 1.807) is 4.90 Å². The number of hydrogen-bond donors (Lipinski definition) is 3. The Balaban J connectivity index is 1.34. The van der Waals surface area contributed by atoms with Gasteiger partial charge in [0.2, 0.25) is 11.8 Å². The molecule has 0 bridgehead atoms. The average molecular weight is 368 g/mol. The lowest BCUT2D eigenvalue weighted by atomic mass is 10.0. The summed E-state index contributed by atoms with van der Waals surface area (Å²) in [6.07, 6.45) is 3.01. The van der Waals surface area contributed by atoms with Gasteiger partial charge >= 0.3 is 0 Å². The van der Waals surface area contributed by atoms with Crippen molar-refractivity contribution in [2.45, 2.75) is 50.4 Å². The third-order valence-corrected chi connectivity index (χ3v) is 6.64. The van der Waals surface area contributed by atoms with Crippen molar-refractivity contribution in [3.8, 4) is 0 Å². The molecule has 1 aromatic rings. The van der Waals surface area contributed by atoms with Gasteiger partial charge in [-0.25, -0.2) is 0 Å². The van der Waals surface area contributed by atoms with Crippen LogP contribution >= 0.6 is 0 Å². The summed E-state index contributed by atoms with van der Waals surface area (Å²) in [5.41, 5.74) is 2.95. The Kier molecular flexibility index (Phi) is 3.84. The van der Waals surface area contributed by atoms with Gasteiger partial charge in [0.25, 0.3) is 5.91 Å². The number of carbonyl (C=O) groups is 3. The SMILES string of the molecule is O=C1CCC(N2Cc3cccc(CNC45CCNCC4C5)c3C2=O)C(=O)N1. The van der Waals surface area contributed by atoms with Crippen LogP contribution in [0.3, 0.4) is 0 Å². The Morgan fingerprint density at radius 1 is 1.26 bits per heavy atom. The molecular formula is C20H24N4O3. The molecule has 27 heavy (non-hydrogen) atoms. The monoisotopic (exact) mass is 368 g/mol. The molecule has 142 valence electrons. The van der Waals surface area contributed by atoms with E-state index in [9.17, 15) is 14.4 Å². The van der Waals surface area contributed by atoms with Crippen molar-refractivity contribution in [2.75, 3.05) is 13.1 Å². The highest BCUT2D eigenvalue weighted by Crippen LogP contribution is 2.47. The molecule has 0 spiro atoms. The van der Waals surface area contributed by atoms with Gasteiger partial charge in [-0.15, -0.1) is 0 Å². The van der Waals surface area contributed by atoms with E-state index in [0.29, 0.717) is 25.4 Å². The van der Waals surface area contributed by atoms with Gasteiger partial charge in [0, 0.05) is 30.6 Å². The topological polar surface area (TPSA) is 90.5 Å². The summed E-state index contributed by atoms with van der Waals surface area (Å²) in [6, 6.07) is 5.40. The van der Waals surface area contributed by atoms with Crippen molar-refractivity contribution in [2.24, 2.45) is 5.92 Å². The number of fused-ring (bicyclic) bond motifs is 2. The first-order valence-electron chi connectivity index (χ1n) is 9.78. The Labute approximate surface area is 157 Å². The van der Waals surface area contributed by atoms with Gasteiger partial charge in [-0.3, -0.25) is 19.7 Å². The zero-order valence-electron chi connectivity index (χ0n) is 15.2. The molecule has 1 aromatic carbocycles. The molecule has 1 saturated carbocycles. The molecule has 5 rings (SSSR count). The molecule has 1 aliphatic carbocycles. The van der Waals surface area contributed by atoms with Gasteiger partial charge in [0.05, 0.1) is 0 Å². The minimum absolute atomic E-state index is 0.0907. The normalized spacial score (nSPS) is 32.1. The molecule has 3 fully saturated rings. The highest BCUT2D eigenvalue weighted by atomic mass is 16.2. The van der Waals surface area contributed by atoms with Crippen molar-refractivity contribution in [1.29, 1.82) is 0 Å². The Hall–Kier alpha value is -2.25. The Bertz CT molecular complexity index is 839. The summed E-state index contributed by atoms with van der Waals surface area (Å²) in [5.74, 6) is -0.0160. The van der Waals surface area contributed by atoms with E-state index in [2.05, 4.69) is 16.0 Å². The molecule has 7 nitrogen and oxygen atoms in total. The molecule has 2 saturated heterocycles. The summed E-state index contributed by atoms with van der Waals surface area (Å²) in [4.78, 5) is 38.4. The molecule has 7 heteroatoms. The summed E-state index contributed by atoms with van der Waals surface area (Å²) < 4.78 is 0. The second kappa shape index (κ2) is 6.14. The third-order valence-electron chi connectivity index (χ3n) is 6.64. The molecule has 0 radical (unpaired) electrons. The lowest BCUT2D eigenvalue weighted by Crippen LogP contribution is -2.52. The van der Waals surface area contributed by atoms with Crippen LogP contribution in [0.2, 0.25) is 0 Å². The highest BCUT2D eigenvalue weighted by molar-refractivity contribution is 6.05. The smallest absolute Gasteiger partial charge is 0.255 e. The maximum absolute atomic E-state index is 13.1. The molecule has 3 atom stereocenters. The number of piperidine rings is 2. The molecule has 0 aromatic heterocycles. The summed E-state index contributed by atoms with van der Waals surface area (Å²) >= 11 is 0.